The van der Waals surface area contributed by atoms with E-state index in [9.17, 15) is 14.9 Å². The van der Waals surface area contributed by atoms with Crippen LogP contribution in [0.15, 0.2) is 42.5 Å². The molecular formula is C23H28N4O3. The van der Waals surface area contributed by atoms with Crippen molar-refractivity contribution in [3.8, 4) is 0 Å². The van der Waals surface area contributed by atoms with Gasteiger partial charge in [0.25, 0.3) is 11.6 Å². The lowest BCUT2D eigenvalue weighted by Crippen LogP contribution is -2.29. The summed E-state index contributed by atoms with van der Waals surface area (Å²) in [6.07, 6.45) is 5.93. The molecular weight excluding hydrogens is 380 g/mol. The number of nitrogens with zero attached hydrogens (tertiary/aromatic N) is 2. The van der Waals surface area contributed by atoms with Crippen LogP contribution >= 0.6 is 0 Å². The number of hydrogen-bond donors (Lipinski definition) is 2. The highest BCUT2D eigenvalue weighted by molar-refractivity contribution is 5.95. The number of hydrogen-bond acceptors (Lipinski definition) is 5. The number of rotatable bonds is 8. The normalized spacial score (nSPS) is 16.8. The topological polar surface area (TPSA) is 87.5 Å². The van der Waals surface area contributed by atoms with Crippen molar-refractivity contribution in [1.29, 1.82) is 0 Å². The molecule has 0 radical (unpaired) electrons. The molecule has 0 spiro atoms. The van der Waals surface area contributed by atoms with Gasteiger partial charge in [-0.15, -0.1) is 0 Å². The first-order valence-electron chi connectivity index (χ1n) is 10.7. The maximum absolute atomic E-state index is 12.5. The average molecular weight is 409 g/mol. The Balaban J connectivity index is 1.33. The second-order valence-electron chi connectivity index (χ2n) is 8.24. The molecule has 0 bridgehead atoms. The number of nitro benzene ring substituents is 1. The third-order valence-corrected chi connectivity index (χ3v) is 5.72. The van der Waals surface area contributed by atoms with Crippen molar-refractivity contribution in [3.05, 3.63) is 69.3 Å². The van der Waals surface area contributed by atoms with Crippen LogP contribution in [0.4, 0.5) is 11.4 Å². The molecule has 7 nitrogen and oxygen atoms in total. The summed E-state index contributed by atoms with van der Waals surface area (Å²) in [7, 11) is 0. The fourth-order valence-electron chi connectivity index (χ4n) is 3.82. The fourth-order valence-corrected chi connectivity index (χ4v) is 3.82. The van der Waals surface area contributed by atoms with Gasteiger partial charge in [-0.2, -0.15) is 0 Å². The van der Waals surface area contributed by atoms with E-state index in [1.54, 1.807) is 12.1 Å². The molecule has 2 aromatic rings. The number of amides is 1. The number of carbonyl (C=O) groups excluding carboxylic acids is 1. The number of nitrogens with one attached hydrogen (secondary N) is 2. The SMILES string of the molecule is O=C(NCc1ccc(CN2CCCCC2)cc1)c1ccc(NC2CC2)c([N+](=O)[O-])c1. The lowest BCUT2D eigenvalue weighted by Gasteiger charge is -2.26. The molecule has 0 atom stereocenters. The van der Waals surface area contributed by atoms with Crippen molar-refractivity contribution in [1.82, 2.24) is 10.2 Å². The predicted molar refractivity (Wildman–Crippen MR) is 116 cm³/mol. The van der Waals surface area contributed by atoms with Crippen molar-refractivity contribution < 1.29 is 9.72 Å². The van der Waals surface area contributed by atoms with Gasteiger partial charge in [0.1, 0.15) is 5.69 Å². The summed E-state index contributed by atoms with van der Waals surface area (Å²) < 4.78 is 0. The van der Waals surface area contributed by atoms with Crippen LogP contribution in [-0.2, 0) is 13.1 Å². The molecule has 4 rings (SSSR count). The van der Waals surface area contributed by atoms with Crippen LogP contribution in [0.25, 0.3) is 0 Å². The minimum atomic E-state index is -0.442. The molecule has 2 N–H and O–H groups in total. The van der Waals surface area contributed by atoms with E-state index in [1.165, 1.54) is 44.0 Å². The Bertz CT molecular complexity index is 903. The van der Waals surface area contributed by atoms with Gasteiger partial charge in [0.15, 0.2) is 0 Å². The maximum Gasteiger partial charge on any atom is 0.293 e. The largest absolute Gasteiger partial charge is 0.377 e. The second-order valence-corrected chi connectivity index (χ2v) is 8.24. The number of carbonyl (C=O) groups is 1. The zero-order valence-corrected chi connectivity index (χ0v) is 17.1. The smallest absolute Gasteiger partial charge is 0.293 e. The second kappa shape index (κ2) is 9.26. The monoisotopic (exact) mass is 408 g/mol. The van der Waals surface area contributed by atoms with Crippen molar-refractivity contribution in [2.75, 3.05) is 18.4 Å². The third-order valence-electron chi connectivity index (χ3n) is 5.72. The molecule has 1 aliphatic heterocycles. The molecule has 2 aliphatic rings. The predicted octanol–water partition coefficient (Wildman–Crippen LogP) is 4.09. The lowest BCUT2D eigenvalue weighted by molar-refractivity contribution is -0.384. The van der Waals surface area contributed by atoms with Crippen LogP contribution in [0, 0.1) is 10.1 Å². The Morgan fingerprint density at radius 3 is 2.40 bits per heavy atom. The van der Waals surface area contributed by atoms with E-state index in [0.717, 1.165) is 24.9 Å². The highest BCUT2D eigenvalue weighted by Crippen LogP contribution is 2.31. The fraction of sp³-hybridized carbons (Fsp3) is 0.435. The van der Waals surface area contributed by atoms with Crippen LogP contribution < -0.4 is 10.6 Å². The van der Waals surface area contributed by atoms with Gasteiger partial charge in [0, 0.05) is 30.8 Å². The minimum absolute atomic E-state index is 0.0587. The first-order valence-corrected chi connectivity index (χ1v) is 10.7. The average Bonchev–Trinajstić information content (AvgIpc) is 3.58. The van der Waals surface area contributed by atoms with Crippen LogP contribution in [-0.4, -0.2) is 34.9 Å². The summed E-state index contributed by atoms with van der Waals surface area (Å²) in [6.45, 7) is 3.69. The number of likely N-dealkylation sites (tertiary alicyclic amines) is 1. The Morgan fingerprint density at radius 2 is 1.73 bits per heavy atom. The van der Waals surface area contributed by atoms with Crippen molar-refractivity contribution in [2.45, 2.75) is 51.2 Å². The van der Waals surface area contributed by atoms with E-state index in [1.807, 2.05) is 12.1 Å². The molecule has 30 heavy (non-hydrogen) atoms. The van der Waals surface area contributed by atoms with E-state index in [2.05, 4.69) is 27.7 Å². The molecule has 1 saturated heterocycles. The molecule has 0 unspecified atom stereocenters. The Kier molecular flexibility index (Phi) is 6.28. The van der Waals surface area contributed by atoms with Crippen LogP contribution in [0.3, 0.4) is 0 Å². The Labute approximate surface area is 176 Å². The van der Waals surface area contributed by atoms with E-state index < -0.39 is 4.92 Å². The minimum Gasteiger partial charge on any atom is -0.377 e. The summed E-state index contributed by atoms with van der Waals surface area (Å²) >= 11 is 0. The summed E-state index contributed by atoms with van der Waals surface area (Å²) in [4.78, 5) is 25.9. The van der Waals surface area contributed by atoms with Gasteiger partial charge < -0.3 is 10.6 Å². The highest BCUT2D eigenvalue weighted by Gasteiger charge is 2.25. The molecule has 2 aromatic carbocycles. The molecule has 1 heterocycles. The molecule has 0 aromatic heterocycles. The number of anilines is 1. The maximum atomic E-state index is 12.5. The molecule has 1 saturated carbocycles. The summed E-state index contributed by atoms with van der Waals surface area (Å²) in [5, 5.41) is 17.4. The van der Waals surface area contributed by atoms with Gasteiger partial charge in [0.2, 0.25) is 0 Å². The molecule has 1 amide bonds. The first kappa shape index (κ1) is 20.3. The van der Waals surface area contributed by atoms with Crippen molar-refractivity contribution in [2.24, 2.45) is 0 Å². The van der Waals surface area contributed by atoms with E-state index >= 15 is 0 Å². The zero-order valence-electron chi connectivity index (χ0n) is 17.1. The number of piperidine rings is 1. The van der Waals surface area contributed by atoms with E-state index in [-0.39, 0.29) is 11.6 Å². The highest BCUT2D eigenvalue weighted by atomic mass is 16.6. The molecule has 2 fully saturated rings. The van der Waals surface area contributed by atoms with E-state index in [4.69, 9.17) is 0 Å². The van der Waals surface area contributed by atoms with Gasteiger partial charge in [-0.25, -0.2) is 0 Å². The van der Waals surface area contributed by atoms with Gasteiger partial charge in [-0.05, 0) is 62.0 Å². The summed E-state index contributed by atoms with van der Waals surface area (Å²) in [5.74, 6) is -0.312. The van der Waals surface area contributed by atoms with Gasteiger partial charge in [-0.1, -0.05) is 30.7 Å². The Morgan fingerprint density at radius 1 is 1.03 bits per heavy atom. The summed E-state index contributed by atoms with van der Waals surface area (Å²) in [5.41, 5.74) is 3.00. The van der Waals surface area contributed by atoms with Gasteiger partial charge >= 0.3 is 0 Å². The summed E-state index contributed by atoms with van der Waals surface area (Å²) in [6, 6.07) is 13.2. The van der Waals surface area contributed by atoms with Crippen molar-refractivity contribution in [3.63, 3.8) is 0 Å². The molecule has 1 aliphatic carbocycles. The van der Waals surface area contributed by atoms with Crippen LogP contribution in [0.2, 0.25) is 0 Å². The third kappa shape index (κ3) is 5.36. The molecule has 158 valence electrons. The zero-order chi connectivity index (χ0) is 20.9. The lowest BCUT2D eigenvalue weighted by atomic mass is 10.1. The first-order chi connectivity index (χ1) is 14.6. The van der Waals surface area contributed by atoms with Crippen LogP contribution in [0.5, 0.6) is 0 Å². The quantitative estimate of drug-likeness (QED) is 0.507. The number of benzene rings is 2. The van der Waals surface area contributed by atoms with Gasteiger partial charge in [-0.3, -0.25) is 19.8 Å². The standard InChI is InChI=1S/C23H28N4O3/c28-23(19-8-11-21(25-20-9-10-20)22(14-19)27(29)30)24-15-17-4-6-18(7-5-17)16-26-12-2-1-3-13-26/h4-8,11,14,20,25H,1-3,9-10,12-13,15-16H2,(H,24,28). The van der Waals surface area contributed by atoms with Crippen molar-refractivity contribution >= 4 is 17.3 Å². The number of nitro groups is 1. The van der Waals surface area contributed by atoms with Gasteiger partial charge in [0.05, 0.1) is 4.92 Å². The van der Waals surface area contributed by atoms with Crippen LogP contribution in [0.1, 0.15) is 53.6 Å². The van der Waals surface area contributed by atoms with E-state index in [0.29, 0.717) is 23.8 Å². The molecule has 7 heteroatoms. The Hall–Kier alpha value is -2.93.